The molecule has 128 valence electrons. The number of nitrogens with zero attached hydrogens (tertiary/aromatic N) is 1. The van der Waals surface area contributed by atoms with Crippen LogP contribution in [0.2, 0.25) is 0 Å². The van der Waals surface area contributed by atoms with Crippen molar-refractivity contribution in [3.63, 3.8) is 0 Å². The number of hydrogen-bond acceptors (Lipinski definition) is 5. The average molecular weight is 348 g/mol. The number of nitrogens with one attached hydrogen (secondary N) is 1. The van der Waals surface area contributed by atoms with Gasteiger partial charge in [0.2, 0.25) is 0 Å². The molecule has 2 rings (SSSR count). The first kappa shape index (κ1) is 18.1. The Morgan fingerprint density at radius 3 is 2.58 bits per heavy atom. The number of carbonyl (C=O) groups excluding carboxylic acids is 1. The summed E-state index contributed by atoms with van der Waals surface area (Å²) in [6, 6.07) is 8.87. The monoisotopic (exact) mass is 348 g/mol. The Hall–Kier alpha value is -2.25. The van der Waals surface area contributed by atoms with E-state index in [-0.39, 0.29) is 12.5 Å². The normalized spacial score (nSPS) is 13.3. The Bertz CT molecular complexity index is 729. The lowest BCUT2D eigenvalue weighted by Crippen LogP contribution is -2.44. The third-order valence-corrected chi connectivity index (χ3v) is 4.93. The van der Waals surface area contributed by atoms with Gasteiger partial charge in [0, 0.05) is 13.7 Å². The first-order chi connectivity index (χ1) is 11.4. The van der Waals surface area contributed by atoms with Crippen LogP contribution in [-0.4, -0.2) is 35.6 Å². The minimum Gasteiger partial charge on any atom is -0.481 e. The Labute approximate surface area is 144 Å². The molecule has 0 spiro atoms. The largest absolute Gasteiger partial charge is 0.481 e. The van der Waals surface area contributed by atoms with Crippen molar-refractivity contribution in [2.75, 3.05) is 13.7 Å². The van der Waals surface area contributed by atoms with Gasteiger partial charge in [-0.3, -0.25) is 9.59 Å². The van der Waals surface area contributed by atoms with Crippen LogP contribution in [0.4, 0.5) is 0 Å². The van der Waals surface area contributed by atoms with Gasteiger partial charge in [0.15, 0.2) is 0 Å². The minimum absolute atomic E-state index is 0.0118. The molecular weight excluding hydrogens is 328 g/mol. The fraction of sp³-hybridized carbons (Fsp3) is 0.353. The standard InChI is InChI=1S/C17H20N2O4S/c1-11-14(24-13(19-11)9-23-3)15(20)18-10-17(2,16(21)22)12-7-5-4-6-8-12/h4-8H,9-10H2,1-3H3,(H,18,20)(H,21,22). The van der Waals surface area contributed by atoms with E-state index in [4.69, 9.17) is 4.74 Å². The molecule has 2 N–H and O–H groups in total. The van der Waals surface area contributed by atoms with Crippen molar-refractivity contribution in [1.29, 1.82) is 0 Å². The number of carboxylic acids is 1. The zero-order chi connectivity index (χ0) is 17.7. The van der Waals surface area contributed by atoms with Gasteiger partial charge in [-0.2, -0.15) is 0 Å². The quantitative estimate of drug-likeness (QED) is 0.802. The highest BCUT2D eigenvalue weighted by Gasteiger charge is 2.35. The second-order valence-corrected chi connectivity index (χ2v) is 6.72. The van der Waals surface area contributed by atoms with Gasteiger partial charge < -0.3 is 15.2 Å². The van der Waals surface area contributed by atoms with E-state index in [1.54, 1.807) is 45.2 Å². The van der Waals surface area contributed by atoms with E-state index in [1.807, 2.05) is 6.07 Å². The maximum atomic E-state index is 12.4. The summed E-state index contributed by atoms with van der Waals surface area (Å²) in [4.78, 5) is 28.9. The lowest BCUT2D eigenvalue weighted by atomic mass is 9.82. The molecule has 0 aliphatic rings. The number of hydrogen-bond donors (Lipinski definition) is 2. The molecule has 1 atom stereocenters. The predicted octanol–water partition coefficient (Wildman–Crippen LogP) is 2.37. The number of carbonyl (C=O) groups is 2. The number of amides is 1. The van der Waals surface area contributed by atoms with Crippen LogP contribution in [0.1, 0.15) is 32.9 Å². The van der Waals surface area contributed by atoms with Crippen LogP contribution in [0.3, 0.4) is 0 Å². The third-order valence-electron chi connectivity index (χ3n) is 3.80. The molecule has 0 aliphatic carbocycles. The van der Waals surface area contributed by atoms with E-state index in [9.17, 15) is 14.7 Å². The number of aliphatic carboxylic acids is 1. The second kappa shape index (κ2) is 7.55. The van der Waals surface area contributed by atoms with Gasteiger partial charge in [0.05, 0.1) is 12.3 Å². The highest BCUT2D eigenvalue weighted by molar-refractivity contribution is 7.13. The highest BCUT2D eigenvalue weighted by Crippen LogP contribution is 2.24. The zero-order valence-corrected chi connectivity index (χ0v) is 14.6. The van der Waals surface area contributed by atoms with Crippen LogP contribution < -0.4 is 5.32 Å². The number of carboxylic acid groups (broad SMARTS) is 1. The molecule has 0 radical (unpaired) electrons. The van der Waals surface area contributed by atoms with Crippen LogP contribution in [-0.2, 0) is 21.6 Å². The molecule has 1 unspecified atom stereocenters. The summed E-state index contributed by atoms with van der Waals surface area (Å²) in [5, 5.41) is 13.1. The van der Waals surface area contributed by atoms with Crippen molar-refractivity contribution in [1.82, 2.24) is 10.3 Å². The lowest BCUT2D eigenvalue weighted by molar-refractivity contribution is -0.142. The first-order valence-electron chi connectivity index (χ1n) is 7.41. The van der Waals surface area contributed by atoms with Crippen LogP contribution >= 0.6 is 11.3 Å². The molecule has 6 nitrogen and oxygen atoms in total. The molecule has 0 saturated carbocycles. The van der Waals surface area contributed by atoms with Gasteiger partial charge in [-0.25, -0.2) is 4.98 Å². The molecule has 2 aromatic rings. The van der Waals surface area contributed by atoms with E-state index in [0.717, 1.165) is 0 Å². The molecular formula is C17H20N2O4S. The van der Waals surface area contributed by atoms with Gasteiger partial charge >= 0.3 is 5.97 Å². The van der Waals surface area contributed by atoms with Gasteiger partial charge in [-0.15, -0.1) is 11.3 Å². The second-order valence-electron chi connectivity index (χ2n) is 5.64. The van der Waals surface area contributed by atoms with Gasteiger partial charge in [-0.1, -0.05) is 30.3 Å². The summed E-state index contributed by atoms with van der Waals surface area (Å²) >= 11 is 1.25. The molecule has 7 heteroatoms. The minimum atomic E-state index is -1.20. The van der Waals surface area contributed by atoms with Crippen molar-refractivity contribution in [2.24, 2.45) is 0 Å². The van der Waals surface area contributed by atoms with Gasteiger partial charge in [0.1, 0.15) is 15.3 Å². The summed E-state index contributed by atoms with van der Waals surface area (Å²) in [6.45, 7) is 3.68. The third kappa shape index (κ3) is 3.80. The summed E-state index contributed by atoms with van der Waals surface area (Å²) in [6.07, 6.45) is 0. The molecule has 0 bridgehead atoms. The van der Waals surface area contributed by atoms with E-state index in [0.29, 0.717) is 27.7 Å². The molecule has 0 aliphatic heterocycles. The van der Waals surface area contributed by atoms with Gasteiger partial charge in [0.25, 0.3) is 5.91 Å². The van der Waals surface area contributed by atoms with Crippen molar-refractivity contribution in [2.45, 2.75) is 25.9 Å². The first-order valence-corrected chi connectivity index (χ1v) is 8.22. The van der Waals surface area contributed by atoms with E-state index in [1.165, 1.54) is 11.3 Å². The molecule has 24 heavy (non-hydrogen) atoms. The Balaban J connectivity index is 2.15. The molecule has 1 amide bonds. The molecule has 0 saturated heterocycles. The number of benzene rings is 1. The van der Waals surface area contributed by atoms with Crippen molar-refractivity contribution >= 4 is 23.2 Å². The summed E-state index contributed by atoms with van der Waals surface area (Å²) in [7, 11) is 1.56. The maximum Gasteiger partial charge on any atom is 0.315 e. The zero-order valence-electron chi connectivity index (χ0n) is 13.8. The molecule has 1 heterocycles. The highest BCUT2D eigenvalue weighted by atomic mass is 32.1. The topological polar surface area (TPSA) is 88.5 Å². The van der Waals surface area contributed by atoms with E-state index < -0.39 is 11.4 Å². The summed E-state index contributed by atoms with van der Waals surface area (Å²) < 4.78 is 5.02. The van der Waals surface area contributed by atoms with Gasteiger partial charge in [-0.05, 0) is 19.4 Å². The number of ether oxygens (including phenoxy) is 1. The van der Waals surface area contributed by atoms with E-state index >= 15 is 0 Å². The Morgan fingerprint density at radius 1 is 1.33 bits per heavy atom. The Morgan fingerprint density at radius 2 is 2.00 bits per heavy atom. The number of methoxy groups -OCH3 is 1. The van der Waals surface area contributed by atoms with Crippen LogP contribution in [0, 0.1) is 6.92 Å². The average Bonchev–Trinajstić information content (AvgIpc) is 2.94. The van der Waals surface area contributed by atoms with Crippen LogP contribution in [0.25, 0.3) is 0 Å². The van der Waals surface area contributed by atoms with E-state index in [2.05, 4.69) is 10.3 Å². The Kier molecular flexibility index (Phi) is 5.69. The number of aromatic nitrogens is 1. The number of aryl methyl sites for hydroxylation is 1. The number of thiazole rings is 1. The van der Waals surface area contributed by atoms with Crippen LogP contribution in [0.5, 0.6) is 0 Å². The van der Waals surface area contributed by atoms with Crippen molar-refractivity contribution < 1.29 is 19.4 Å². The van der Waals surface area contributed by atoms with Crippen LogP contribution in [0.15, 0.2) is 30.3 Å². The number of rotatable bonds is 7. The summed E-state index contributed by atoms with van der Waals surface area (Å²) in [5.41, 5.74) is 0.0467. The molecule has 1 aromatic carbocycles. The van der Waals surface area contributed by atoms with Crippen molar-refractivity contribution in [3.05, 3.63) is 51.5 Å². The fourth-order valence-corrected chi connectivity index (χ4v) is 3.25. The smallest absolute Gasteiger partial charge is 0.315 e. The predicted molar refractivity (Wildman–Crippen MR) is 91.3 cm³/mol. The molecule has 0 fully saturated rings. The van der Waals surface area contributed by atoms with Crippen molar-refractivity contribution in [3.8, 4) is 0 Å². The fourth-order valence-electron chi connectivity index (χ4n) is 2.29. The summed E-state index contributed by atoms with van der Waals surface area (Å²) in [5.74, 6) is -1.31. The SMILES string of the molecule is COCc1nc(C)c(C(=O)NCC(C)(C(=O)O)c2ccccc2)s1. The molecule has 1 aromatic heterocycles. The maximum absolute atomic E-state index is 12.4. The lowest BCUT2D eigenvalue weighted by Gasteiger charge is -2.25.